The molecule has 0 fully saturated rings. The van der Waals surface area contributed by atoms with Crippen molar-refractivity contribution < 1.29 is 9.90 Å². The van der Waals surface area contributed by atoms with Crippen LogP contribution >= 0.6 is 34.5 Å². The Labute approximate surface area is 124 Å². The van der Waals surface area contributed by atoms with Crippen molar-refractivity contribution in [3.63, 3.8) is 0 Å². The minimum absolute atomic E-state index is 0.317. The standard InChI is InChI=1S/C13H11Cl2NO2S/c1-2-10-12(13(17)18)19-11(16-10)6-7-3-4-8(14)9(15)5-7/h3-5H,2,6H2,1H3,(H,17,18). The molecule has 0 aliphatic heterocycles. The van der Waals surface area contributed by atoms with Gasteiger partial charge in [-0.15, -0.1) is 11.3 Å². The summed E-state index contributed by atoms with van der Waals surface area (Å²) in [6.45, 7) is 1.89. The fourth-order valence-corrected chi connectivity index (χ4v) is 3.05. The van der Waals surface area contributed by atoms with Gasteiger partial charge in [-0.05, 0) is 24.1 Å². The number of hydrogen-bond acceptors (Lipinski definition) is 3. The summed E-state index contributed by atoms with van der Waals surface area (Å²) in [7, 11) is 0. The average Bonchev–Trinajstić information content (AvgIpc) is 2.77. The lowest BCUT2D eigenvalue weighted by atomic mass is 10.1. The van der Waals surface area contributed by atoms with E-state index in [-0.39, 0.29) is 0 Å². The van der Waals surface area contributed by atoms with Gasteiger partial charge in [0.05, 0.1) is 20.7 Å². The van der Waals surface area contributed by atoms with E-state index in [1.165, 1.54) is 11.3 Å². The monoisotopic (exact) mass is 315 g/mol. The average molecular weight is 316 g/mol. The first-order valence-corrected chi connectivity index (χ1v) is 7.24. The lowest BCUT2D eigenvalue weighted by Crippen LogP contribution is -1.97. The van der Waals surface area contributed by atoms with Crippen LogP contribution in [0, 0.1) is 0 Å². The molecule has 1 heterocycles. The Hall–Kier alpha value is -1.10. The number of aromatic carboxylic acids is 1. The van der Waals surface area contributed by atoms with Crippen molar-refractivity contribution in [1.29, 1.82) is 0 Å². The Balaban J connectivity index is 2.28. The van der Waals surface area contributed by atoms with E-state index >= 15 is 0 Å². The summed E-state index contributed by atoms with van der Waals surface area (Å²) in [5.74, 6) is -0.922. The van der Waals surface area contributed by atoms with Gasteiger partial charge in [0.1, 0.15) is 4.88 Å². The minimum atomic E-state index is -0.922. The third kappa shape index (κ3) is 3.26. The first-order valence-electron chi connectivity index (χ1n) is 5.67. The fraction of sp³-hybridized carbons (Fsp3) is 0.231. The van der Waals surface area contributed by atoms with E-state index < -0.39 is 5.97 Å². The summed E-state index contributed by atoms with van der Waals surface area (Å²) in [5, 5.41) is 10.9. The molecule has 0 amide bonds. The van der Waals surface area contributed by atoms with Gasteiger partial charge in [-0.2, -0.15) is 0 Å². The Kier molecular flexibility index (Phi) is 4.45. The number of aromatic nitrogens is 1. The van der Waals surface area contributed by atoms with Crippen LogP contribution in [0.3, 0.4) is 0 Å². The molecule has 0 spiro atoms. The number of aryl methyl sites for hydroxylation is 1. The molecule has 0 saturated heterocycles. The summed E-state index contributed by atoms with van der Waals surface area (Å²) in [4.78, 5) is 15.8. The molecule has 0 aliphatic carbocycles. The molecule has 2 aromatic rings. The van der Waals surface area contributed by atoms with Crippen LogP contribution in [0.15, 0.2) is 18.2 Å². The molecule has 0 unspecified atom stereocenters. The van der Waals surface area contributed by atoms with Crippen molar-refractivity contribution in [1.82, 2.24) is 4.98 Å². The molecule has 0 bridgehead atoms. The third-order valence-electron chi connectivity index (χ3n) is 2.61. The van der Waals surface area contributed by atoms with Crippen molar-refractivity contribution in [3.05, 3.63) is 49.4 Å². The Morgan fingerprint density at radius 1 is 1.37 bits per heavy atom. The molecule has 100 valence electrons. The second-order valence-electron chi connectivity index (χ2n) is 3.97. The normalized spacial score (nSPS) is 10.7. The zero-order valence-corrected chi connectivity index (χ0v) is 12.4. The summed E-state index contributed by atoms with van der Waals surface area (Å²) < 4.78 is 0. The van der Waals surface area contributed by atoms with E-state index in [0.717, 1.165) is 10.6 Å². The van der Waals surface area contributed by atoms with Gasteiger partial charge in [-0.25, -0.2) is 9.78 Å². The lowest BCUT2D eigenvalue weighted by Gasteiger charge is -2.00. The zero-order valence-electron chi connectivity index (χ0n) is 10.1. The molecule has 1 N–H and O–H groups in total. The van der Waals surface area contributed by atoms with Crippen LogP contribution < -0.4 is 0 Å². The molecule has 1 aromatic carbocycles. The first-order chi connectivity index (χ1) is 9.01. The summed E-state index contributed by atoms with van der Waals surface area (Å²) in [6, 6.07) is 5.37. The van der Waals surface area contributed by atoms with Crippen LogP contribution in [-0.2, 0) is 12.8 Å². The lowest BCUT2D eigenvalue weighted by molar-refractivity contribution is 0.0701. The number of carboxylic acids is 1. The van der Waals surface area contributed by atoms with Crippen molar-refractivity contribution in [3.8, 4) is 0 Å². The van der Waals surface area contributed by atoms with Gasteiger partial charge in [-0.1, -0.05) is 36.2 Å². The summed E-state index contributed by atoms with van der Waals surface area (Å²) in [5.41, 5.74) is 1.59. The molecule has 0 aliphatic rings. The highest BCUT2D eigenvalue weighted by Gasteiger charge is 2.16. The molecule has 0 radical (unpaired) electrons. The molecule has 2 rings (SSSR count). The van der Waals surface area contributed by atoms with Crippen molar-refractivity contribution in [2.24, 2.45) is 0 Å². The molecule has 3 nitrogen and oxygen atoms in total. The highest BCUT2D eigenvalue weighted by Crippen LogP contribution is 2.26. The van der Waals surface area contributed by atoms with E-state index in [1.54, 1.807) is 12.1 Å². The van der Waals surface area contributed by atoms with E-state index in [9.17, 15) is 4.79 Å². The number of hydrogen-bond donors (Lipinski definition) is 1. The third-order valence-corrected chi connectivity index (χ3v) is 4.43. The quantitative estimate of drug-likeness (QED) is 0.915. The highest BCUT2D eigenvalue weighted by atomic mass is 35.5. The second-order valence-corrected chi connectivity index (χ2v) is 5.87. The van der Waals surface area contributed by atoms with E-state index in [0.29, 0.717) is 33.5 Å². The maximum atomic E-state index is 11.1. The fourth-order valence-electron chi connectivity index (χ4n) is 1.71. The first kappa shape index (κ1) is 14.3. The molecule has 0 atom stereocenters. The molecule has 19 heavy (non-hydrogen) atoms. The summed E-state index contributed by atoms with van der Waals surface area (Å²) in [6.07, 6.45) is 1.17. The SMILES string of the molecule is CCc1nc(Cc2ccc(Cl)c(Cl)c2)sc1C(=O)O. The van der Waals surface area contributed by atoms with Gasteiger partial charge in [0.15, 0.2) is 0 Å². The molecular weight excluding hydrogens is 305 g/mol. The predicted molar refractivity (Wildman–Crippen MR) is 77.7 cm³/mol. The Morgan fingerprint density at radius 2 is 2.11 bits per heavy atom. The van der Waals surface area contributed by atoms with E-state index in [2.05, 4.69) is 4.98 Å². The van der Waals surface area contributed by atoms with Gasteiger partial charge >= 0.3 is 5.97 Å². The van der Waals surface area contributed by atoms with Gasteiger partial charge in [-0.3, -0.25) is 0 Å². The van der Waals surface area contributed by atoms with Crippen LogP contribution in [-0.4, -0.2) is 16.1 Å². The highest BCUT2D eigenvalue weighted by molar-refractivity contribution is 7.13. The van der Waals surface area contributed by atoms with Crippen LogP contribution in [0.2, 0.25) is 10.0 Å². The number of carboxylic acid groups (broad SMARTS) is 1. The topological polar surface area (TPSA) is 50.2 Å². The minimum Gasteiger partial charge on any atom is -0.477 e. The van der Waals surface area contributed by atoms with Gasteiger partial charge in [0, 0.05) is 6.42 Å². The number of rotatable bonds is 4. The number of thiazole rings is 1. The Morgan fingerprint density at radius 3 is 2.63 bits per heavy atom. The summed E-state index contributed by atoms with van der Waals surface area (Å²) >= 11 is 13.0. The van der Waals surface area contributed by atoms with Gasteiger partial charge in [0.25, 0.3) is 0 Å². The number of halogens is 2. The van der Waals surface area contributed by atoms with Crippen molar-refractivity contribution in [2.75, 3.05) is 0 Å². The number of nitrogens with zero attached hydrogens (tertiary/aromatic N) is 1. The van der Waals surface area contributed by atoms with Crippen LogP contribution in [0.25, 0.3) is 0 Å². The molecule has 0 saturated carbocycles. The van der Waals surface area contributed by atoms with Crippen LogP contribution in [0.5, 0.6) is 0 Å². The van der Waals surface area contributed by atoms with E-state index in [4.69, 9.17) is 28.3 Å². The van der Waals surface area contributed by atoms with Gasteiger partial charge < -0.3 is 5.11 Å². The van der Waals surface area contributed by atoms with Crippen LogP contribution in [0.1, 0.15) is 32.9 Å². The van der Waals surface area contributed by atoms with Crippen LogP contribution in [0.4, 0.5) is 0 Å². The largest absolute Gasteiger partial charge is 0.477 e. The number of carbonyl (C=O) groups is 1. The van der Waals surface area contributed by atoms with Crippen molar-refractivity contribution >= 4 is 40.5 Å². The number of benzene rings is 1. The van der Waals surface area contributed by atoms with Gasteiger partial charge in [0.2, 0.25) is 0 Å². The smallest absolute Gasteiger partial charge is 0.347 e. The van der Waals surface area contributed by atoms with E-state index in [1.807, 2.05) is 13.0 Å². The maximum Gasteiger partial charge on any atom is 0.347 e. The predicted octanol–water partition coefficient (Wildman–Crippen LogP) is 4.30. The molecule has 1 aromatic heterocycles. The molecule has 6 heteroatoms. The Bertz CT molecular complexity index is 625. The second kappa shape index (κ2) is 5.90. The zero-order chi connectivity index (χ0) is 14.0. The molecular formula is C13H11Cl2NO2S. The van der Waals surface area contributed by atoms with Crippen molar-refractivity contribution in [2.45, 2.75) is 19.8 Å². The maximum absolute atomic E-state index is 11.1.